The average Bonchev–Trinajstić information content (AvgIpc) is 2.68. The lowest BCUT2D eigenvalue weighted by Gasteiger charge is -2.12. The van der Waals surface area contributed by atoms with E-state index in [4.69, 9.17) is 0 Å². The average molecular weight is 232 g/mol. The Bertz CT molecular complexity index is 449. The molecule has 16 heavy (non-hydrogen) atoms. The Kier molecular flexibility index (Phi) is 3.34. The number of hydrogen-bond acceptors (Lipinski definition) is 3. The van der Waals surface area contributed by atoms with Crippen LogP contribution in [0.15, 0.2) is 29.3 Å². The number of benzene rings is 1. The van der Waals surface area contributed by atoms with E-state index in [1.54, 1.807) is 0 Å². The van der Waals surface area contributed by atoms with Gasteiger partial charge in [-0.1, -0.05) is 31.0 Å². The molecule has 1 aromatic rings. The van der Waals surface area contributed by atoms with Gasteiger partial charge < -0.3 is 4.31 Å². The predicted molar refractivity (Wildman–Crippen MR) is 74.3 cm³/mol. The van der Waals surface area contributed by atoms with Crippen molar-refractivity contribution in [1.82, 2.24) is 0 Å². The number of allylic oxidation sites excluding steroid dienone is 1. The van der Waals surface area contributed by atoms with E-state index in [1.807, 2.05) is 24.4 Å². The van der Waals surface area contributed by atoms with Crippen LogP contribution in [0.4, 0.5) is 5.69 Å². The first kappa shape index (κ1) is 11.3. The van der Waals surface area contributed by atoms with Gasteiger partial charge >= 0.3 is 0 Å². The highest BCUT2D eigenvalue weighted by Crippen LogP contribution is 2.35. The lowest BCUT2D eigenvalue weighted by atomic mass is 10.0. The van der Waals surface area contributed by atoms with Crippen molar-refractivity contribution in [2.75, 3.05) is 10.8 Å². The van der Waals surface area contributed by atoms with Crippen LogP contribution in [0.3, 0.4) is 0 Å². The molecule has 1 heterocycles. The summed E-state index contributed by atoms with van der Waals surface area (Å²) in [4.78, 5) is 4.41. The fourth-order valence-electron chi connectivity index (χ4n) is 2.10. The Balaban J connectivity index is 2.51. The van der Waals surface area contributed by atoms with Crippen LogP contribution in [0.1, 0.15) is 25.0 Å². The third-order valence-electron chi connectivity index (χ3n) is 2.82. The zero-order chi connectivity index (χ0) is 11.5. The number of anilines is 1. The molecule has 0 amide bonds. The summed E-state index contributed by atoms with van der Waals surface area (Å²) in [6.45, 7) is 4.94. The Morgan fingerprint density at radius 3 is 2.94 bits per heavy atom. The summed E-state index contributed by atoms with van der Waals surface area (Å²) < 4.78 is 2.00. The van der Waals surface area contributed by atoms with E-state index >= 15 is 0 Å². The van der Waals surface area contributed by atoms with Gasteiger partial charge in [0.1, 0.15) is 0 Å². The maximum Gasteiger partial charge on any atom is 0.0658 e. The zero-order valence-corrected chi connectivity index (χ0v) is 10.5. The zero-order valence-electron chi connectivity index (χ0n) is 9.64. The van der Waals surface area contributed by atoms with Crippen molar-refractivity contribution in [3.8, 4) is 0 Å². The Morgan fingerprint density at radius 2 is 2.25 bits per heavy atom. The Labute approximate surface area is 102 Å². The van der Waals surface area contributed by atoms with Crippen LogP contribution < -0.4 is 4.31 Å². The van der Waals surface area contributed by atoms with E-state index in [9.17, 15) is 0 Å². The van der Waals surface area contributed by atoms with Crippen LogP contribution in [0.2, 0.25) is 0 Å². The molecule has 2 nitrogen and oxygen atoms in total. The molecular formula is C13H16N2S. The molecule has 3 heteroatoms. The third-order valence-corrected chi connectivity index (χ3v) is 3.24. The first-order chi connectivity index (χ1) is 7.77. The van der Waals surface area contributed by atoms with E-state index < -0.39 is 0 Å². The second kappa shape index (κ2) is 4.74. The van der Waals surface area contributed by atoms with Gasteiger partial charge in [0.15, 0.2) is 0 Å². The van der Waals surface area contributed by atoms with E-state index in [2.05, 4.69) is 42.1 Å². The highest BCUT2D eigenvalue weighted by atomic mass is 32.1. The molecule has 1 aliphatic heterocycles. The molecule has 0 spiro atoms. The van der Waals surface area contributed by atoms with E-state index in [0.29, 0.717) is 0 Å². The summed E-state index contributed by atoms with van der Waals surface area (Å²) >= 11 is 4.44. The minimum Gasteiger partial charge on any atom is -0.318 e. The van der Waals surface area contributed by atoms with Crippen molar-refractivity contribution in [3.05, 3.63) is 35.4 Å². The van der Waals surface area contributed by atoms with Crippen molar-refractivity contribution in [3.63, 3.8) is 0 Å². The summed E-state index contributed by atoms with van der Waals surface area (Å²) in [6, 6.07) is 6.31. The molecule has 0 atom stereocenters. The topological polar surface area (TPSA) is 15.6 Å². The van der Waals surface area contributed by atoms with Crippen LogP contribution in [-0.2, 0) is 6.42 Å². The molecule has 0 aliphatic carbocycles. The smallest absolute Gasteiger partial charge is 0.0658 e. The lowest BCUT2D eigenvalue weighted by Crippen LogP contribution is -2.04. The van der Waals surface area contributed by atoms with Crippen molar-refractivity contribution >= 4 is 30.4 Å². The van der Waals surface area contributed by atoms with E-state index in [-0.39, 0.29) is 0 Å². The summed E-state index contributed by atoms with van der Waals surface area (Å²) in [5, 5.41) is 0. The molecule has 0 saturated heterocycles. The first-order valence-electron chi connectivity index (χ1n) is 5.51. The highest BCUT2D eigenvalue weighted by molar-refractivity contribution is 7.81. The Morgan fingerprint density at radius 1 is 1.44 bits per heavy atom. The molecule has 84 valence electrons. The van der Waals surface area contributed by atoms with E-state index in [1.165, 1.54) is 16.8 Å². The maximum atomic E-state index is 4.44. The van der Waals surface area contributed by atoms with Crippen molar-refractivity contribution in [2.24, 2.45) is 4.99 Å². The molecule has 0 unspecified atom stereocenters. The predicted octanol–water partition coefficient (Wildman–Crippen LogP) is 3.35. The summed E-state index contributed by atoms with van der Waals surface area (Å²) in [5.41, 5.74) is 4.85. The third kappa shape index (κ3) is 1.87. The van der Waals surface area contributed by atoms with Gasteiger partial charge in [0.05, 0.1) is 11.4 Å². The second-order valence-corrected chi connectivity index (χ2v) is 4.22. The minimum absolute atomic E-state index is 0.974. The van der Waals surface area contributed by atoms with Crippen molar-refractivity contribution in [2.45, 2.75) is 20.3 Å². The van der Waals surface area contributed by atoms with Crippen molar-refractivity contribution < 1.29 is 0 Å². The minimum atomic E-state index is 0.974. The van der Waals surface area contributed by atoms with Crippen molar-refractivity contribution in [1.29, 1.82) is 0 Å². The molecule has 0 N–H and O–H groups in total. The van der Waals surface area contributed by atoms with Gasteiger partial charge in [0.2, 0.25) is 0 Å². The van der Waals surface area contributed by atoms with Gasteiger partial charge in [0.25, 0.3) is 0 Å². The molecule has 1 aliphatic rings. The monoisotopic (exact) mass is 232 g/mol. The van der Waals surface area contributed by atoms with Crippen LogP contribution in [0.5, 0.6) is 0 Å². The second-order valence-electron chi connectivity index (χ2n) is 3.74. The molecule has 1 aromatic carbocycles. The highest BCUT2D eigenvalue weighted by Gasteiger charge is 2.20. The molecule has 0 fully saturated rings. The first-order valence-corrected chi connectivity index (χ1v) is 5.91. The van der Waals surface area contributed by atoms with Crippen LogP contribution >= 0.6 is 12.8 Å². The molecule has 0 saturated carbocycles. The van der Waals surface area contributed by atoms with Gasteiger partial charge in [-0.05, 0) is 31.9 Å². The number of hydrogen-bond donors (Lipinski definition) is 1. The van der Waals surface area contributed by atoms with Crippen LogP contribution in [0.25, 0.3) is 5.70 Å². The van der Waals surface area contributed by atoms with Gasteiger partial charge in [-0.15, -0.1) is 0 Å². The fraction of sp³-hybridized carbons (Fsp3) is 0.308. The number of fused-ring (bicyclic) bond motifs is 1. The van der Waals surface area contributed by atoms with Gasteiger partial charge in [-0.25, -0.2) is 0 Å². The normalized spacial score (nSPS) is 15.9. The summed E-state index contributed by atoms with van der Waals surface area (Å²) in [7, 11) is 0. The summed E-state index contributed by atoms with van der Waals surface area (Å²) in [6.07, 6.45) is 4.94. The number of nitrogens with zero attached hydrogens (tertiary/aromatic N) is 2. The van der Waals surface area contributed by atoms with Gasteiger partial charge in [0, 0.05) is 18.3 Å². The SMILES string of the molecule is CC=N/C(=C\C)c1cccc2c1CCN2S. The van der Waals surface area contributed by atoms with Gasteiger partial charge in [-0.2, -0.15) is 0 Å². The number of aliphatic imine (C=N–C) groups is 1. The quantitative estimate of drug-likeness (QED) is 0.610. The maximum absolute atomic E-state index is 4.44. The standard InChI is InChI=1S/C13H16N2S/c1-3-12(14-4-2)10-6-5-7-13-11(10)8-9-15(13)16/h3-7,16H,8-9H2,1-2H3/b12-3-,14-4?. The molecule has 0 aromatic heterocycles. The van der Waals surface area contributed by atoms with Gasteiger partial charge in [-0.3, -0.25) is 4.99 Å². The van der Waals surface area contributed by atoms with Crippen LogP contribution in [0, 0.1) is 0 Å². The summed E-state index contributed by atoms with van der Waals surface area (Å²) in [5.74, 6) is 0. The number of rotatable bonds is 2. The lowest BCUT2D eigenvalue weighted by molar-refractivity contribution is 1.05. The number of thiol groups is 1. The molecule has 2 rings (SSSR count). The largest absolute Gasteiger partial charge is 0.318 e. The Hall–Kier alpha value is -1.22. The molecule has 0 bridgehead atoms. The molecule has 0 radical (unpaired) electrons. The van der Waals surface area contributed by atoms with E-state index in [0.717, 1.165) is 18.7 Å². The fourth-order valence-corrected chi connectivity index (χ4v) is 2.38. The van der Waals surface area contributed by atoms with Crippen LogP contribution in [-0.4, -0.2) is 12.8 Å². The molecular weight excluding hydrogens is 216 g/mol.